The van der Waals surface area contributed by atoms with Gasteiger partial charge in [-0.2, -0.15) is 13.2 Å². The quantitative estimate of drug-likeness (QED) is 0.249. The smallest absolute Gasteiger partial charge is 0.383 e. The molecule has 39 heavy (non-hydrogen) atoms. The minimum absolute atomic E-state index is 0.00456. The Hall–Kier alpha value is -4.03. The number of amides is 1. The van der Waals surface area contributed by atoms with Crippen molar-refractivity contribution in [3.63, 3.8) is 0 Å². The Morgan fingerprint density at radius 3 is 2.51 bits per heavy atom. The Kier molecular flexibility index (Phi) is 8.46. The summed E-state index contributed by atoms with van der Waals surface area (Å²) in [6.45, 7) is 2.74. The normalized spacial score (nSPS) is 14.7. The van der Waals surface area contributed by atoms with Crippen molar-refractivity contribution in [1.82, 2.24) is 14.8 Å². The zero-order valence-corrected chi connectivity index (χ0v) is 21.3. The molecule has 0 atom stereocenters. The van der Waals surface area contributed by atoms with Gasteiger partial charge < -0.3 is 26.7 Å². The van der Waals surface area contributed by atoms with Crippen molar-refractivity contribution in [1.29, 1.82) is 5.41 Å². The first-order valence-corrected chi connectivity index (χ1v) is 12.2. The minimum Gasteiger partial charge on any atom is -0.383 e. The lowest BCUT2D eigenvalue weighted by Gasteiger charge is -2.33. The van der Waals surface area contributed by atoms with Crippen LogP contribution in [-0.4, -0.2) is 66.7 Å². The third kappa shape index (κ3) is 7.09. The van der Waals surface area contributed by atoms with Crippen molar-refractivity contribution in [3.05, 3.63) is 71.2 Å². The number of pyridine rings is 1. The number of benzene rings is 2. The molecule has 0 spiro atoms. The van der Waals surface area contributed by atoms with Crippen LogP contribution in [0.25, 0.3) is 11.1 Å². The van der Waals surface area contributed by atoms with Gasteiger partial charge in [-0.05, 0) is 48.5 Å². The fourth-order valence-corrected chi connectivity index (χ4v) is 4.29. The lowest BCUT2D eigenvalue weighted by molar-refractivity contribution is -0.138. The lowest BCUT2D eigenvalue weighted by Crippen LogP contribution is -2.44. The molecule has 3 aromatic rings. The highest BCUT2D eigenvalue weighted by atomic mass is 19.4. The Morgan fingerprint density at radius 2 is 1.85 bits per heavy atom. The summed E-state index contributed by atoms with van der Waals surface area (Å²) in [6.07, 6.45) is -2.07. The monoisotopic (exact) mass is 543 g/mol. The Morgan fingerprint density at radius 1 is 1.10 bits per heavy atom. The van der Waals surface area contributed by atoms with Crippen molar-refractivity contribution < 1.29 is 22.4 Å². The topological polar surface area (TPSA) is 110 Å². The summed E-state index contributed by atoms with van der Waals surface area (Å²) in [5.41, 5.74) is 6.54. The zero-order chi connectivity index (χ0) is 28.2. The van der Waals surface area contributed by atoms with Crippen LogP contribution in [0.4, 0.5) is 34.8 Å². The molecule has 1 aliphatic heterocycles. The van der Waals surface area contributed by atoms with E-state index in [1.54, 1.807) is 12.1 Å². The second-order valence-electron chi connectivity index (χ2n) is 9.39. The van der Waals surface area contributed by atoms with E-state index in [4.69, 9.17) is 11.1 Å². The van der Waals surface area contributed by atoms with Crippen LogP contribution >= 0.6 is 0 Å². The third-order valence-corrected chi connectivity index (χ3v) is 6.54. The highest BCUT2D eigenvalue weighted by Crippen LogP contribution is 2.34. The number of aromatic nitrogens is 1. The second-order valence-corrected chi connectivity index (χ2v) is 9.39. The van der Waals surface area contributed by atoms with Gasteiger partial charge in [0.05, 0.1) is 17.8 Å². The number of nitrogens with two attached hydrogens (primary N) is 1. The number of carbonyl (C=O) groups excluding carboxylic acids is 1. The summed E-state index contributed by atoms with van der Waals surface area (Å²) < 4.78 is 56.1. The average molecular weight is 544 g/mol. The van der Waals surface area contributed by atoms with E-state index in [1.807, 2.05) is 11.9 Å². The third-order valence-electron chi connectivity index (χ3n) is 6.54. The van der Waals surface area contributed by atoms with Crippen molar-refractivity contribution in [2.24, 2.45) is 0 Å². The van der Waals surface area contributed by atoms with Gasteiger partial charge in [-0.1, -0.05) is 12.1 Å². The molecular weight excluding hydrogens is 514 g/mol. The van der Waals surface area contributed by atoms with E-state index in [2.05, 4.69) is 20.5 Å². The van der Waals surface area contributed by atoms with Crippen molar-refractivity contribution in [2.45, 2.75) is 12.7 Å². The van der Waals surface area contributed by atoms with E-state index in [9.17, 15) is 22.4 Å². The Balaban J connectivity index is 1.40. The molecule has 0 radical (unpaired) electrons. The van der Waals surface area contributed by atoms with Gasteiger partial charge in [-0.25, -0.2) is 9.37 Å². The molecule has 206 valence electrons. The fourth-order valence-electron chi connectivity index (χ4n) is 4.29. The van der Waals surface area contributed by atoms with Crippen LogP contribution in [-0.2, 0) is 17.5 Å². The molecule has 1 aromatic heterocycles. The largest absolute Gasteiger partial charge is 0.416 e. The van der Waals surface area contributed by atoms with Gasteiger partial charge in [0.15, 0.2) is 0 Å². The van der Waals surface area contributed by atoms with Crippen LogP contribution in [0.2, 0.25) is 0 Å². The molecule has 1 fully saturated rings. The SMILES string of the molecule is CN1CCN(Cc2ccc(NC(=O)CNc3ccc(-c4cnc(N)c(C=N)c4)cc3F)cc2C(F)(F)F)CC1. The summed E-state index contributed by atoms with van der Waals surface area (Å²) in [5, 5.41) is 12.5. The second kappa shape index (κ2) is 11.8. The summed E-state index contributed by atoms with van der Waals surface area (Å²) in [7, 11) is 1.97. The summed E-state index contributed by atoms with van der Waals surface area (Å²) in [6, 6.07) is 9.66. The molecular formula is C27H29F4N7O. The highest BCUT2D eigenvalue weighted by Gasteiger charge is 2.34. The van der Waals surface area contributed by atoms with Crippen LogP contribution in [0.15, 0.2) is 48.7 Å². The molecule has 2 aromatic carbocycles. The van der Waals surface area contributed by atoms with E-state index in [0.717, 1.165) is 25.4 Å². The number of halogens is 4. The number of alkyl halides is 3. The molecule has 0 bridgehead atoms. The molecule has 0 aliphatic carbocycles. The van der Waals surface area contributed by atoms with E-state index >= 15 is 0 Å². The number of nitrogen functional groups attached to an aromatic ring is 1. The number of anilines is 3. The zero-order valence-electron chi connectivity index (χ0n) is 21.3. The molecule has 1 amide bonds. The number of carbonyl (C=O) groups is 1. The number of nitrogens with one attached hydrogen (secondary N) is 3. The first kappa shape index (κ1) is 28.0. The molecule has 2 heterocycles. The molecule has 8 nitrogen and oxygen atoms in total. The maximum absolute atomic E-state index is 14.7. The molecule has 12 heteroatoms. The standard InChI is InChI=1S/C27H29F4N7O/c1-37-6-8-38(9-7-37)16-18-2-4-21(12-22(18)27(29,30)31)36-25(39)15-34-24-5-3-17(11-23(24)28)20-10-19(13-32)26(33)35-14-20/h2-5,10-14,32,34H,6-9,15-16H2,1H3,(H2,33,35)(H,36,39). The van der Waals surface area contributed by atoms with E-state index in [1.165, 1.54) is 30.5 Å². The first-order valence-electron chi connectivity index (χ1n) is 12.2. The number of hydrogen-bond donors (Lipinski definition) is 4. The number of piperazine rings is 1. The summed E-state index contributed by atoms with van der Waals surface area (Å²) in [4.78, 5) is 20.5. The van der Waals surface area contributed by atoms with Gasteiger partial charge in [0, 0.05) is 61.9 Å². The Bertz CT molecular complexity index is 1350. The Labute approximate surface area is 223 Å². The van der Waals surface area contributed by atoms with Crippen LogP contribution < -0.4 is 16.4 Å². The van der Waals surface area contributed by atoms with Gasteiger partial charge in [0.25, 0.3) is 0 Å². The number of hydrogen-bond acceptors (Lipinski definition) is 7. The summed E-state index contributed by atoms with van der Waals surface area (Å²) in [5.74, 6) is -1.08. The number of rotatable bonds is 8. The lowest BCUT2D eigenvalue weighted by atomic mass is 10.0. The van der Waals surface area contributed by atoms with Crippen molar-refractivity contribution in [3.8, 4) is 11.1 Å². The molecule has 0 saturated carbocycles. The van der Waals surface area contributed by atoms with Gasteiger partial charge in [-0.15, -0.1) is 0 Å². The fraction of sp³-hybridized carbons (Fsp3) is 0.296. The predicted octanol–water partition coefficient (Wildman–Crippen LogP) is 4.28. The first-order chi connectivity index (χ1) is 18.5. The van der Waals surface area contributed by atoms with E-state index in [0.29, 0.717) is 29.8 Å². The minimum atomic E-state index is -4.58. The van der Waals surface area contributed by atoms with Gasteiger partial charge >= 0.3 is 6.18 Å². The van der Waals surface area contributed by atoms with Crippen molar-refractivity contribution >= 4 is 29.3 Å². The molecule has 1 saturated heterocycles. The molecule has 5 N–H and O–H groups in total. The summed E-state index contributed by atoms with van der Waals surface area (Å²) >= 11 is 0. The number of nitrogens with zero attached hydrogens (tertiary/aromatic N) is 3. The molecule has 1 aliphatic rings. The van der Waals surface area contributed by atoms with Gasteiger partial charge in [0.1, 0.15) is 11.6 Å². The number of likely N-dealkylation sites (N-methyl/N-ethyl adjacent to an activating group) is 1. The molecule has 0 unspecified atom stereocenters. The maximum atomic E-state index is 14.7. The van der Waals surface area contributed by atoms with Crippen LogP contribution in [0.1, 0.15) is 16.7 Å². The highest BCUT2D eigenvalue weighted by molar-refractivity contribution is 5.94. The van der Waals surface area contributed by atoms with E-state index < -0.39 is 23.5 Å². The maximum Gasteiger partial charge on any atom is 0.416 e. The predicted molar refractivity (Wildman–Crippen MR) is 143 cm³/mol. The van der Waals surface area contributed by atoms with Crippen molar-refractivity contribution in [2.75, 3.05) is 56.1 Å². The average Bonchev–Trinajstić information content (AvgIpc) is 2.90. The van der Waals surface area contributed by atoms with Crippen LogP contribution in [0.5, 0.6) is 0 Å². The van der Waals surface area contributed by atoms with Gasteiger partial charge in [0.2, 0.25) is 5.91 Å². The van der Waals surface area contributed by atoms with Crippen LogP contribution in [0.3, 0.4) is 0 Å². The van der Waals surface area contributed by atoms with Gasteiger partial charge in [-0.3, -0.25) is 9.69 Å². The van der Waals surface area contributed by atoms with Crippen LogP contribution in [0, 0.1) is 11.2 Å². The van der Waals surface area contributed by atoms with E-state index in [-0.39, 0.29) is 35.8 Å². The molecule has 4 rings (SSSR count).